The maximum atomic E-state index is 13.1. The Kier molecular flexibility index (Phi) is 6.10. The van der Waals surface area contributed by atoms with Gasteiger partial charge in [-0.1, -0.05) is 17.7 Å². The second kappa shape index (κ2) is 8.96. The summed E-state index contributed by atoms with van der Waals surface area (Å²) in [6.45, 7) is 3.68. The monoisotopic (exact) mass is 453 g/mol. The maximum Gasteiger partial charge on any atom is 0.291 e. The Labute approximate surface area is 189 Å². The van der Waals surface area contributed by atoms with Crippen LogP contribution in [0.1, 0.15) is 56.2 Å². The summed E-state index contributed by atoms with van der Waals surface area (Å²) in [4.78, 5) is 25.2. The van der Waals surface area contributed by atoms with Gasteiger partial charge in [-0.2, -0.15) is 5.10 Å². The van der Waals surface area contributed by atoms with Gasteiger partial charge in [0.15, 0.2) is 5.76 Å². The van der Waals surface area contributed by atoms with E-state index in [1.165, 1.54) is 24.3 Å². The summed E-state index contributed by atoms with van der Waals surface area (Å²) in [6, 6.07) is 10.5. The van der Waals surface area contributed by atoms with Gasteiger partial charge in [-0.25, -0.2) is 9.82 Å². The summed E-state index contributed by atoms with van der Waals surface area (Å²) in [7, 11) is 0. The van der Waals surface area contributed by atoms with Crippen LogP contribution in [0.15, 0.2) is 52.0 Å². The summed E-state index contributed by atoms with van der Waals surface area (Å²) in [5.74, 6) is -0.384. The molecule has 4 rings (SSSR count). The molecule has 0 saturated heterocycles. The smallest absolute Gasteiger partial charge is 0.291 e. The van der Waals surface area contributed by atoms with E-state index in [4.69, 9.17) is 16.0 Å². The van der Waals surface area contributed by atoms with Gasteiger partial charge in [0.1, 0.15) is 11.6 Å². The van der Waals surface area contributed by atoms with Crippen molar-refractivity contribution in [2.75, 3.05) is 5.32 Å². The van der Waals surface area contributed by atoms with E-state index >= 15 is 0 Å². The second-order valence-corrected chi connectivity index (χ2v) is 8.04. The van der Waals surface area contributed by atoms with E-state index < -0.39 is 11.7 Å². The van der Waals surface area contributed by atoms with Crippen molar-refractivity contribution in [3.8, 4) is 0 Å². The fourth-order valence-electron chi connectivity index (χ4n) is 3.64. The highest BCUT2D eigenvalue weighted by Crippen LogP contribution is 2.30. The molecule has 0 atom stereocenters. The number of furan rings is 1. The molecule has 1 aromatic heterocycles. The third kappa shape index (κ3) is 4.43. The maximum absolute atomic E-state index is 13.1. The third-order valence-electron chi connectivity index (χ3n) is 5.36. The average molecular weight is 454 g/mol. The van der Waals surface area contributed by atoms with Crippen LogP contribution in [0.25, 0.3) is 0 Å². The average Bonchev–Trinajstić information content (AvgIpc) is 3.12. The lowest BCUT2D eigenvalue weighted by Gasteiger charge is -2.13. The van der Waals surface area contributed by atoms with Crippen molar-refractivity contribution in [1.29, 1.82) is 0 Å². The van der Waals surface area contributed by atoms with Gasteiger partial charge in [0, 0.05) is 33.8 Å². The predicted octanol–water partition coefficient (Wildman–Crippen LogP) is 5.41. The largest absolute Gasteiger partial charge is 0.455 e. The number of halogens is 2. The molecule has 164 valence electrons. The van der Waals surface area contributed by atoms with E-state index in [0.717, 1.165) is 17.5 Å². The van der Waals surface area contributed by atoms with Gasteiger partial charge in [-0.15, -0.1) is 0 Å². The lowest BCUT2D eigenvalue weighted by Crippen LogP contribution is -2.22. The SMILES string of the molecule is Cc1ccc(NC(=O)c2oc3c(c2C)/C(=N/NC(=O)c2ccc(F)cc2)CCC3)cc1Cl. The molecular formula is C24H21ClFN3O3. The Morgan fingerprint density at radius 2 is 1.81 bits per heavy atom. The molecule has 0 saturated carbocycles. The van der Waals surface area contributed by atoms with Crippen LogP contribution in [-0.2, 0) is 6.42 Å². The Hall–Kier alpha value is -3.45. The van der Waals surface area contributed by atoms with Gasteiger partial charge in [0.2, 0.25) is 0 Å². The van der Waals surface area contributed by atoms with Gasteiger partial charge < -0.3 is 9.73 Å². The number of carbonyl (C=O) groups excluding carboxylic acids is 2. The van der Waals surface area contributed by atoms with E-state index in [1.807, 2.05) is 13.0 Å². The summed E-state index contributed by atoms with van der Waals surface area (Å²) in [5.41, 5.74) is 6.33. The van der Waals surface area contributed by atoms with Gasteiger partial charge in [-0.05, 0) is 68.7 Å². The normalized spacial score (nSPS) is 14.2. The Morgan fingerprint density at radius 1 is 1.06 bits per heavy atom. The Morgan fingerprint density at radius 3 is 2.53 bits per heavy atom. The van der Waals surface area contributed by atoms with E-state index in [9.17, 15) is 14.0 Å². The molecule has 8 heteroatoms. The van der Waals surface area contributed by atoms with Crippen LogP contribution < -0.4 is 10.7 Å². The van der Waals surface area contributed by atoms with E-state index in [0.29, 0.717) is 46.2 Å². The number of aryl methyl sites for hydroxylation is 2. The molecule has 6 nitrogen and oxygen atoms in total. The zero-order valence-electron chi connectivity index (χ0n) is 17.6. The molecule has 1 aliphatic carbocycles. The molecule has 2 aromatic carbocycles. The number of hydrogen-bond acceptors (Lipinski definition) is 4. The van der Waals surface area contributed by atoms with Crippen molar-refractivity contribution in [2.24, 2.45) is 5.10 Å². The lowest BCUT2D eigenvalue weighted by molar-refractivity contribution is 0.0953. The molecule has 0 spiro atoms. The van der Waals surface area contributed by atoms with Crippen LogP contribution in [0, 0.1) is 19.7 Å². The number of benzene rings is 2. The van der Waals surface area contributed by atoms with Gasteiger partial charge in [-0.3, -0.25) is 9.59 Å². The van der Waals surface area contributed by atoms with Crippen molar-refractivity contribution < 1.29 is 18.4 Å². The predicted molar refractivity (Wildman–Crippen MR) is 121 cm³/mol. The molecule has 1 aliphatic rings. The standard InChI is InChI=1S/C24H21ClFN3O3/c1-13-6-11-17(12-18(13)25)27-24(31)22-14(2)21-19(4-3-5-20(21)32-22)28-29-23(30)15-7-9-16(26)10-8-15/h6-12H,3-5H2,1-2H3,(H,27,31)(H,29,30)/b28-19+. The fourth-order valence-corrected chi connectivity index (χ4v) is 3.82. The van der Waals surface area contributed by atoms with Crippen LogP contribution in [-0.4, -0.2) is 17.5 Å². The van der Waals surface area contributed by atoms with Crippen LogP contribution in [0.5, 0.6) is 0 Å². The number of amides is 2. The van der Waals surface area contributed by atoms with Gasteiger partial charge in [0.05, 0.1) is 5.71 Å². The van der Waals surface area contributed by atoms with Crippen molar-refractivity contribution >= 4 is 34.8 Å². The number of carbonyl (C=O) groups is 2. The fraction of sp³-hybridized carbons (Fsp3) is 0.208. The quantitative estimate of drug-likeness (QED) is 0.518. The number of nitrogens with one attached hydrogen (secondary N) is 2. The van der Waals surface area contributed by atoms with Crippen molar-refractivity contribution in [2.45, 2.75) is 33.1 Å². The van der Waals surface area contributed by atoms with Gasteiger partial charge >= 0.3 is 0 Å². The number of hydrogen-bond donors (Lipinski definition) is 2. The molecule has 1 heterocycles. The van der Waals surface area contributed by atoms with E-state index in [-0.39, 0.29) is 11.7 Å². The second-order valence-electron chi connectivity index (χ2n) is 7.63. The first kappa shape index (κ1) is 21.8. The lowest BCUT2D eigenvalue weighted by atomic mass is 9.93. The Balaban J connectivity index is 1.56. The van der Waals surface area contributed by atoms with Crippen molar-refractivity contribution in [3.63, 3.8) is 0 Å². The minimum atomic E-state index is -0.444. The minimum absolute atomic E-state index is 0.200. The summed E-state index contributed by atoms with van der Waals surface area (Å²) >= 11 is 6.14. The van der Waals surface area contributed by atoms with Crippen LogP contribution in [0.2, 0.25) is 5.02 Å². The highest BCUT2D eigenvalue weighted by molar-refractivity contribution is 6.31. The zero-order valence-corrected chi connectivity index (χ0v) is 18.3. The molecule has 0 aliphatic heterocycles. The molecule has 2 amide bonds. The minimum Gasteiger partial charge on any atom is -0.455 e. The summed E-state index contributed by atoms with van der Waals surface area (Å²) < 4.78 is 18.9. The summed E-state index contributed by atoms with van der Waals surface area (Å²) in [6.07, 6.45) is 2.08. The number of rotatable bonds is 4. The highest BCUT2D eigenvalue weighted by Gasteiger charge is 2.28. The topological polar surface area (TPSA) is 83.7 Å². The first-order valence-corrected chi connectivity index (χ1v) is 10.5. The van der Waals surface area contributed by atoms with Crippen molar-refractivity contribution in [3.05, 3.63) is 87.1 Å². The Bertz CT molecular complexity index is 1230. The molecular weight excluding hydrogens is 433 g/mol. The first-order valence-electron chi connectivity index (χ1n) is 10.2. The number of nitrogens with zero attached hydrogens (tertiary/aromatic N) is 1. The highest BCUT2D eigenvalue weighted by atomic mass is 35.5. The first-order chi connectivity index (χ1) is 15.3. The third-order valence-corrected chi connectivity index (χ3v) is 5.77. The molecule has 3 aromatic rings. The number of anilines is 1. The molecule has 0 bridgehead atoms. The molecule has 32 heavy (non-hydrogen) atoms. The van der Waals surface area contributed by atoms with Crippen molar-refractivity contribution in [1.82, 2.24) is 5.43 Å². The van der Waals surface area contributed by atoms with E-state index in [1.54, 1.807) is 19.1 Å². The number of hydrazone groups is 1. The zero-order chi connectivity index (χ0) is 22.8. The summed E-state index contributed by atoms with van der Waals surface area (Å²) in [5, 5.41) is 7.65. The van der Waals surface area contributed by atoms with E-state index in [2.05, 4.69) is 15.8 Å². The molecule has 0 fully saturated rings. The molecule has 0 unspecified atom stereocenters. The number of fused-ring (bicyclic) bond motifs is 1. The van der Waals surface area contributed by atoms with Crippen LogP contribution in [0.4, 0.5) is 10.1 Å². The molecule has 0 radical (unpaired) electrons. The van der Waals surface area contributed by atoms with Crippen LogP contribution in [0.3, 0.4) is 0 Å². The molecule has 2 N–H and O–H groups in total. The van der Waals surface area contributed by atoms with Crippen LogP contribution >= 0.6 is 11.6 Å². The van der Waals surface area contributed by atoms with Gasteiger partial charge in [0.25, 0.3) is 11.8 Å².